The van der Waals surface area contributed by atoms with Crippen LogP contribution in [0.25, 0.3) is 33.4 Å². The first-order valence-corrected chi connectivity index (χ1v) is 12.7. The Kier molecular flexibility index (Phi) is 6.26. The first-order valence-electron chi connectivity index (χ1n) is 12.7. The van der Waals surface area contributed by atoms with Gasteiger partial charge in [0.1, 0.15) is 34.5 Å². The van der Waals surface area contributed by atoms with E-state index in [9.17, 15) is 19.1 Å². The van der Waals surface area contributed by atoms with Gasteiger partial charge in [0, 0.05) is 41.9 Å². The Labute approximate surface area is 227 Å². The van der Waals surface area contributed by atoms with Crippen molar-refractivity contribution in [1.29, 1.82) is 0 Å². The number of pyridine rings is 1. The molecule has 1 aliphatic rings. The third kappa shape index (κ3) is 4.45. The number of benzene rings is 3. The van der Waals surface area contributed by atoms with E-state index in [1.165, 1.54) is 42.3 Å². The van der Waals surface area contributed by atoms with Gasteiger partial charge >= 0.3 is 0 Å². The van der Waals surface area contributed by atoms with Crippen molar-refractivity contribution in [3.8, 4) is 28.2 Å². The second-order valence-electron chi connectivity index (χ2n) is 9.55. The van der Waals surface area contributed by atoms with Crippen LogP contribution >= 0.6 is 0 Å². The molecule has 5 aromatic rings. The highest BCUT2D eigenvalue weighted by atomic mass is 19.1. The average molecular weight is 540 g/mol. The third-order valence-corrected chi connectivity index (χ3v) is 6.90. The summed E-state index contributed by atoms with van der Waals surface area (Å²) >= 11 is 0. The lowest BCUT2D eigenvalue weighted by Crippen LogP contribution is -2.34. The molecule has 1 fully saturated rings. The number of nitrogens with one attached hydrogen (secondary N) is 1. The SMILES string of the molecule is CNC(=O)c1c(-c2ccc(F)cc2)oc2ccc(-c3cc(C(=O)N(c4ccccn4)C4CC4)c(F)cc3O)cc12. The number of phenols is 1. The summed E-state index contributed by atoms with van der Waals surface area (Å²) in [7, 11) is 1.48. The maximum Gasteiger partial charge on any atom is 0.262 e. The van der Waals surface area contributed by atoms with Crippen LogP contribution in [0.5, 0.6) is 5.75 Å². The Morgan fingerprint density at radius 2 is 1.75 bits per heavy atom. The van der Waals surface area contributed by atoms with E-state index in [-0.39, 0.29) is 34.2 Å². The molecule has 0 aliphatic heterocycles. The number of halogens is 2. The summed E-state index contributed by atoms with van der Waals surface area (Å²) in [6.45, 7) is 0. The summed E-state index contributed by atoms with van der Waals surface area (Å²) in [5.74, 6) is -1.97. The quantitative estimate of drug-likeness (QED) is 0.264. The van der Waals surface area contributed by atoms with Gasteiger partial charge in [0.15, 0.2) is 0 Å². The van der Waals surface area contributed by atoms with Crippen molar-refractivity contribution >= 4 is 28.6 Å². The summed E-state index contributed by atoms with van der Waals surface area (Å²) in [6.07, 6.45) is 3.14. The zero-order chi connectivity index (χ0) is 28.0. The summed E-state index contributed by atoms with van der Waals surface area (Å²) in [5, 5.41) is 13.7. The van der Waals surface area contributed by atoms with E-state index in [0.29, 0.717) is 27.9 Å². The molecule has 0 radical (unpaired) electrons. The lowest BCUT2D eigenvalue weighted by atomic mass is 9.97. The van der Waals surface area contributed by atoms with Gasteiger partial charge in [0.2, 0.25) is 0 Å². The van der Waals surface area contributed by atoms with E-state index in [1.54, 1.807) is 42.6 Å². The number of fused-ring (bicyclic) bond motifs is 1. The molecule has 0 atom stereocenters. The normalized spacial score (nSPS) is 12.9. The van der Waals surface area contributed by atoms with Crippen molar-refractivity contribution in [2.24, 2.45) is 0 Å². The molecule has 200 valence electrons. The van der Waals surface area contributed by atoms with Gasteiger partial charge in [0.05, 0.1) is 11.1 Å². The van der Waals surface area contributed by atoms with Crippen molar-refractivity contribution < 1.29 is 27.9 Å². The number of nitrogens with zero attached hydrogens (tertiary/aromatic N) is 2. The van der Waals surface area contributed by atoms with Crippen LogP contribution in [0.15, 0.2) is 83.4 Å². The van der Waals surface area contributed by atoms with E-state index < -0.39 is 23.4 Å². The van der Waals surface area contributed by atoms with E-state index >= 15 is 4.39 Å². The molecule has 1 aliphatic carbocycles. The molecule has 2 heterocycles. The van der Waals surface area contributed by atoms with Crippen molar-refractivity contribution in [1.82, 2.24) is 10.3 Å². The first kappa shape index (κ1) is 25.2. The lowest BCUT2D eigenvalue weighted by molar-refractivity contribution is 0.0961. The number of hydrogen-bond acceptors (Lipinski definition) is 5. The monoisotopic (exact) mass is 539 g/mol. The second kappa shape index (κ2) is 9.92. The van der Waals surface area contributed by atoms with Crippen LogP contribution in [0.4, 0.5) is 14.6 Å². The number of hydrogen-bond donors (Lipinski definition) is 2. The van der Waals surface area contributed by atoms with E-state index in [1.807, 2.05) is 0 Å². The number of carbonyl (C=O) groups excluding carboxylic acids is 2. The number of carbonyl (C=O) groups is 2. The van der Waals surface area contributed by atoms with E-state index in [0.717, 1.165) is 18.9 Å². The molecule has 40 heavy (non-hydrogen) atoms. The molecular formula is C31H23F2N3O4. The molecule has 0 saturated heterocycles. The van der Waals surface area contributed by atoms with Gasteiger partial charge in [-0.2, -0.15) is 0 Å². The number of amides is 2. The fraction of sp³-hybridized carbons (Fsp3) is 0.129. The van der Waals surface area contributed by atoms with Crippen LogP contribution in [0.2, 0.25) is 0 Å². The number of aromatic hydroxyl groups is 1. The second-order valence-corrected chi connectivity index (χ2v) is 9.55. The molecule has 0 spiro atoms. The van der Waals surface area contributed by atoms with Crippen LogP contribution in [0.1, 0.15) is 33.6 Å². The average Bonchev–Trinajstić information content (AvgIpc) is 3.72. The standard InChI is InChI=1S/C31H23F2N3O4/c1-34-30(38)28-23-14-18(7-12-26(23)40-29(28)17-5-8-19(32)9-6-17)21-15-22(24(33)16-25(21)37)31(39)36(20-10-11-20)27-4-2-3-13-35-27/h2-9,12-16,20,37H,10-11H2,1H3,(H,34,38). The first-order chi connectivity index (χ1) is 19.4. The van der Waals surface area contributed by atoms with Crippen LogP contribution < -0.4 is 10.2 Å². The topological polar surface area (TPSA) is 95.7 Å². The molecule has 9 heteroatoms. The smallest absolute Gasteiger partial charge is 0.262 e. The minimum absolute atomic E-state index is 0.0821. The van der Waals surface area contributed by atoms with Gasteiger partial charge in [-0.25, -0.2) is 13.8 Å². The summed E-state index contributed by atoms with van der Waals surface area (Å²) in [5.41, 5.74) is 1.54. The zero-order valence-electron chi connectivity index (χ0n) is 21.3. The van der Waals surface area contributed by atoms with Crippen LogP contribution in [-0.4, -0.2) is 35.0 Å². The number of rotatable bonds is 6. The van der Waals surface area contributed by atoms with Crippen molar-refractivity contribution in [3.63, 3.8) is 0 Å². The largest absolute Gasteiger partial charge is 0.507 e. The highest BCUT2D eigenvalue weighted by Gasteiger charge is 2.36. The maximum atomic E-state index is 15.1. The number of anilines is 1. The van der Waals surface area contributed by atoms with Gasteiger partial charge in [-0.05, 0) is 73.0 Å². The molecule has 3 aromatic carbocycles. The minimum Gasteiger partial charge on any atom is -0.507 e. The van der Waals surface area contributed by atoms with Crippen LogP contribution in [0.3, 0.4) is 0 Å². The maximum absolute atomic E-state index is 15.1. The van der Waals surface area contributed by atoms with Gasteiger partial charge in [-0.15, -0.1) is 0 Å². The molecule has 6 rings (SSSR count). The Bertz CT molecular complexity index is 1760. The Hall–Kier alpha value is -5.05. The summed E-state index contributed by atoms with van der Waals surface area (Å²) in [6, 6.07) is 17.8. The lowest BCUT2D eigenvalue weighted by Gasteiger charge is -2.22. The van der Waals surface area contributed by atoms with Crippen molar-refractivity contribution in [2.45, 2.75) is 18.9 Å². The molecule has 0 unspecified atom stereocenters. The van der Waals surface area contributed by atoms with Crippen molar-refractivity contribution in [2.75, 3.05) is 11.9 Å². The molecule has 0 bridgehead atoms. The molecule has 2 aromatic heterocycles. The van der Waals surface area contributed by atoms with Gasteiger partial charge in [-0.3, -0.25) is 14.5 Å². The van der Waals surface area contributed by atoms with Crippen LogP contribution in [0, 0.1) is 11.6 Å². The number of furan rings is 1. The molecule has 2 N–H and O–H groups in total. The van der Waals surface area contributed by atoms with E-state index in [4.69, 9.17) is 4.42 Å². The molecule has 7 nitrogen and oxygen atoms in total. The third-order valence-electron chi connectivity index (χ3n) is 6.90. The molecule has 2 amide bonds. The Balaban J connectivity index is 1.47. The van der Waals surface area contributed by atoms with Crippen molar-refractivity contribution in [3.05, 3.63) is 102 Å². The fourth-order valence-electron chi connectivity index (χ4n) is 4.79. The Morgan fingerprint density at radius 3 is 2.42 bits per heavy atom. The molecular weight excluding hydrogens is 516 g/mol. The summed E-state index contributed by atoms with van der Waals surface area (Å²) < 4.78 is 34.6. The zero-order valence-corrected chi connectivity index (χ0v) is 21.3. The Morgan fingerprint density at radius 1 is 1.00 bits per heavy atom. The van der Waals surface area contributed by atoms with Crippen LogP contribution in [-0.2, 0) is 0 Å². The fourth-order valence-corrected chi connectivity index (χ4v) is 4.79. The highest BCUT2D eigenvalue weighted by molar-refractivity contribution is 6.12. The van der Waals surface area contributed by atoms with Gasteiger partial charge in [0.25, 0.3) is 11.8 Å². The number of phenolic OH excluding ortho intramolecular Hbond substituents is 1. The highest BCUT2D eigenvalue weighted by Crippen LogP contribution is 2.39. The molecule has 1 saturated carbocycles. The number of aromatic nitrogens is 1. The predicted molar refractivity (Wildman–Crippen MR) is 146 cm³/mol. The van der Waals surface area contributed by atoms with Gasteiger partial charge in [-0.1, -0.05) is 12.1 Å². The summed E-state index contributed by atoms with van der Waals surface area (Å²) in [4.78, 5) is 32.3. The van der Waals surface area contributed by atoms with Gasteiger partial charge < -0.3 is 14.8 Å². The van der Waals surface area contributed by atoms with E-state index in [2.05, 4.69) is 10.3 Å². The predicted octanol–water partition coefficient (Wildman–Crippen LogP) is 6.31. The minimum atomic E-state index is -0.859.